The number of aliphatic hydroxyl groups is 1. The fraction of sp³-hybridized carbons (Fsp3) is 0.400. The molecule has 4 nitrogen and oxygen atoms in total. The Bertz CT molecular complexity index is 332. The third-order valence-electron chi connectivity index (χ3n) is 2.40. The first kappa shape index (κ1) is 14.0. The van der Waals surface area contributed by atoms with E-state index in [9.17, 15) is 10.2 Å². The lowest BCUT2D eigenvalue weighted by Crippen LogP contribution is -2.25. The molecule has 0 bridgehead atoms. The molecule has 1 aliphatic rings. The summed E-state index contributed by atoms with van der Waals surface area (Å²) in [7, 11) is 0. The van der Waals surface area contributed by atoms with E-state index in [1.54, 1.807) is 12.1 Å². The molecule has 0 aromatic heterocycles. The zero-order valence-corrected chi connectivity index (χ0v) is 9.21. The predicted octanol–water partition coefficient (Wildman–Crippen LogP) is 1.23. The minimum Gasteiger partial charge on any atom is -0.506 e. The molecule has 1 heterocycles. The Hall–Kier alpha value is -0.970. The molecule has 5 N–H and O–H groups in total. The number of hydrogen-bond acceptors (Lipinski definition) is 3. The summed E-state index contributed by atoms with van der Waals surface area (Å²) in [5.41, 5.74) is 1.46. The number of hydrogen-bond donors (Lipinski definition) is 3. The van der Waals surface area contributed by atoms with Gasteiger partial charge in [-0.3, -0.25) is 0 Å². The number of anilines is 1. The number of para-hydroxylation sites is 1. The zero-order chi connectivity index (χ0) is 9.42. The molecule has 1 aliphatic heterocycles. The largest absolute Gasteiger partial charge is 0.506 e. The number of fused-ring (bicyclic) bond motifs is 1. The Morgan fingerprint density at radius 3 is 2.73 bits per heavy atom. The lowest BCUT2D eigenvalue weighted by atomic mass is 9.96. The van der Waals surface area contributed by atoms with Crippen molar-refractivity contribution in [3.63, 3.8) is 0 Å². The van der Waals surface area contributed by atoms with Gasteiger partial charge in [0.15, 0.2) is 0 Å². The van der Waals surface area contributed by atoms with E-state index in [-0.39, 0.29) is 29.7 Å². The molecule has 0 saturated carbocycles. The minimum absolute atomic E-state index is 0. The van der Waals surface area contributed by atoms with Crippen LogP contribution in [0.5, 0.6) is 5.75 Å². The fourth-order valence-corrected chi connectivity index (χ4v) is 1.76. The first-order valence-corrected chi connectivity index (χ1v) is 4.45. The van der Waals surface area contributed by atoms with Crippen LogP contribution in [0.3, 0.4) is 0 Å². The van der Waals surface area contributed by atoms with Crippen LogP contribution >= 0.6 is 12.4 Å². The number of phenols is 1. The summed E-state index contributed by atoms with van der Waals surface area (Å²) < 4.78 is 0. The third kappa shape index (κ3) is 2.53. The van der Waals surface area contributed by atoms with E-state index in [4.69, 9.17) is 0 Å². The van der Waals surface area contributed by atoms with Crippen LogP contribution in [-0.2, 0) is 0 Å². The zero-order valence-electron chi connectivity index (χ0n) is 8.40. The van der Waals surface area contributed by atoms with Crippen molar-refractivity contribution < 1.29 is 15.7 Å². The Morgan fingerprint density at radius 1 is 1.40 bits per heavy atom. The van der Waals surface area contributed by atoms with E-state index in [1.165, 1.54) is 0 Å². The van der Waals surface area contributed by atoms with Gasteiger partial charge in [-0.1, -0.05) is 12.1 Å². The average molecular weight is 234 g/mol. The summed E-state index contributed by atoms with van der Waals surface area (Å²) in [5, 5.41) is 22.4. The van der Waals surface area contributed by atoms with Crippen LogP contribution in [0.2, 0.25) is 0 Å². The number of aromatic hydroxyl groups is 1. The molecule has 1 aromatic rings. The lowest BCUT2D eigenvalue weighted by molar-refractivity contribution is 0.158. The van der Waals surface area contributed by atoms with Gasteiger partial charge in [0.25, 0.3) is 0 Å². The molecule has 5 heteroatoms. The molecule has 2 rings (SSSR count). The van der Waals surface area contributed by atoms with Crippen molar-refractivity contribution in [3.8, 4) is 5.75 Å². The van der Waals surface area contributed by atoms with Gasteiger partial charge in [-0.25, -0.2) is 0 Å². The highest BCUT2D eigenvalue weighted by molar-refractivity contribution is 5.85. The van der Waals surface area contributed by atoms with Crippen LogP contribution in [0.1, 0.15) is 25.0 Å². The molecule has 0 aliphatic carbocycles. The second-order valence-electron chi connectivity index (χ2n) is 3.54. The van der Waals surface area contributed by atoms with E-state index < -0.39 is 6.10 Å². The first-order valence-electron chi connectivity index (χ1n) is 4.45. The Balaban J connectivity index is 0.000000980. The average Bonchev–Trinajstić information content (AvgIpc) is 2.07. The van der Waals surface area contributed by atoms with E-state index >= 15 is 0 Å². The number of phenolic OH excluding ortho intramolecular Hbond substituents is 1. The van der Waals surface area contributed by atoms with Crippen LogP contribution in [-0.4, -0.2) is 21.7 Å². The van der Waals surface area contributed by atoms with Crippen molar-refractivity contribution in [2.24, 2.45) is 0 Å². The Morgan fingerprint density at radius 2 is 2.07 bits per heavy atom. The number of nitrogens with one attached hydrogen (secondary N) is 1. The lowest BCUT2D eigenvalue weighted by Gasteiger charge is -2.28. The third-order valence-corrected chi connectivity index (χ3v) is 2.40. The van der Waals surface area contributed by atoms with E-state index in [0.29, 0.717) is 12.1 Å². The van der Waals surface area contributed by atoms with Crippen molar-refractivity contribution in [2.45, 2.75) is 25.5 Å². The summed E-state index contributed by atoms with van der Waals surface area (Å²) >= 11 is 0. The van der Waals surface area contributed by atoms with Crippen molar-refractivity contribution in [3.05, 3.63) is 23.8 Å². The smallest absolute Gasteiger partial charge is 0.139 e. The molecule has 2 unspecified atom stereocenters. The number of benzene rings is 1. The summed E-state index contributed by atoms with van der Waals surface area (Å²) in [6, 6.07) is 5.40. The number of aliphatic hydroxyl groups excluding tert-OH is 1. The molecule has 15 heavy (non-hydrogen) atoms. The van der Waals surface area contributed by atoms with Crippen LogP contribution in [0.25, 0.3) is 0 Å². The van der Waals surface area contributed by atoms with Gasteiger partial charge in [0, 0.05) is 11.6 Å². The molecule has 0 spiro atoms. The van der Waals surface area contributed by atoms with Gasteiger partial charge in [-0.2, -0.15) is 0 Å². The number of rotatable bonds is 0. The van der Waals surface area contributed by atoms with Gasteiger partial charge >= 0.3 is 0 Å². The van der Waals surface area contributed by atoms with Gasteiger partial charge in [-0.15, -0.1) is 12.4 Å². The molecule has 0 radical (unpaired) electrons. The molecule has 2 atom stereocenters. The van der Waals surface area contributed by atoms with E-state index in [0.717, 1.165) is 5.56 Å². The highest BCUT2D eigenvalue weighted by Crippen LogP contribution is 2.37. The molecule has 1 aromatic carbocycles. The van der Waals surface area contributed by atoms with Crippen molar-refractivity contribution in [1.82, 2.24) is 0 Å². The molecular weight excluding hydrogens is 218 g/mol. The van der Waals surface area contributed by atoms with E-state index in [2.05, 4.69) is 5.32 Å². The summed E-state index contributed by atoms with van der Waals surface area (Å²) in [6.07, 6.45) is 0.231. The second-order valence-corrected chi connectivity index (χ2v) is 3.54. The maximum Gasteiger partial charge on any atom is 0.139 e. The first-order chi connectivity index (χ1) is 6.18. The summed E-state index contributed by atoms with van der Waals surface area (Å²) in [4.78, 5) is 0. The van der Waals surface area contributed by atoms with Crippen molar-refractivity contribution in [1.29, 1.82) is 0 Å². The second kappa shape index (κ2) is 5.21. The molecular formula is C10H16ClNO3. The minimum atomic E-state index is -0.460. The molecule has 86 valence electrons. The fourth-order valence-electron chi connectivity index (χ4n) is 1.76. The van der Waals surface area contributed by atoms with Crippen LogP contribution in [0.15, 0.2) is 18.2 Å². The van der Waals surface area contributed by atoms with Crippen LogP contribution in [0.4, 0.5) is 5.69 Å². The maximum atomic E-state index is 9.71. The maximum absolute atomic E-state index is 9.71. The topological polar surface area (TPSA) is 84.0 Å². The molecule has 0 saturated heterocycles. The van der Waals surface area contributed by atoms with Crippen LogP contribution < -0.4 is 5.32 Å². The quantitative estimate of drug-likeness (QED) is 0.590. The number of halogens is 1. The van der Waals surface area contributed by atoms with Gasteiger partial charge in [-0.05, 0) is 19.4 Å². The van der Waals surface area contributed by atoms with Crippen LogP contribution in [0, 0.1) is 0 Å². The van der Waals surface area contributed by atoms with Gasteiger partial charge in [0.1, 0.15) is 5.75 Å². The molecule has 0 amide bonds. The summed E-state index contributed by atoms with van der Waals surface area (Å²) in [6.45, 7) is 1.98. The SMILES string of the molecule is CC1CC(O)c2cccc(O)c2N1.Cl.O. The molecule has 0 fully saturated rings. The van der Waals surface area contributed by atoms with Gasteiger partial charge in [0.2, 0.25) is 0 Å². The predicted molar refractivity (Wildman–Crippen MR) is 61.6 cm³/mol. The monoisotopic (exact) mass is 233 g/mol. The van der Waals surface area contributed by atoms with E-state index in [1.807, 2.05) is 13.0 Å². The standard InChI is InChI=1S/C10H13NO2.ClH.H2O/c1-6-5-9(13)7-3-2-4-8(12)10(7)11-6;;/h2-4,6,9,11-13H,5H2,1H3;1H;1H2. The Kier molecular flexibility index (Phi) is 4.87. The van der Waals surface area contributed by atoms with Crippen molar-refractivity contribution >= 4 is 18.1 Å². The van der Waals surface area contributed by atoms with Gasteiger partial charge < -0.3 is 21.0 Å². The van der Waals surface area contributed by atoms with Crippen molar-refractivity contribution in [2.75, 3.05) is 5.32 Å². The highest BCUT2D eigenvalue weighted by atomic mass is 35.5. The highest BCUT2D eigenvalue weighted by Gasteiger charge is 2.23. The summed E-state index contributed by atoms with van der Waals surface area (Å²) in [5.74, 6) is 0.211. The Labute approximate surface area is 94.7 Å². The normalized spacial score (nSPS) is 22.8. The van der Waals surface area contributed by atoms with Gasteiger partial charge in [0.05, 0.1) is 11.8 Å².